The normalized spacial score (nSPS) is 18.1. The molecule has 0 unspecified atom stereocenters. The predicted molar refractivity (Wildman–Crippen MR) is 119 cm³/mol. The highest BCUT2D eigenvalue weighted by Gasteiger charge is 2.41. The van der Waals surface area contributed by atoms with Gasteiger partial charge in [0.1, 0.15) is 5.82 Å². The van der Waals surface area contributed by atoms with E-state index < -0.39 is 0 Å². The second-order valence-corrected chi connectivity index (χ2v) is 7.67. The summed E-state index contributed by atoms with van der Waals surface area (Å²) < 4.78 is 20.3. The summed E-state index contributed by atoms with van der Waals surface area (Å²) >= 11 is 5.67. The van der Waals surface area contributed by atoms with Crippen LogP contribution in [0, 0.1) is 5.82 Å². The van der Waals surface area contributed by atoms with E-state index in [1.54, 1.807) is 18.3 Å². The minimum Gasteiger partial charge on any atom is -0.469 e. The Labute approximate surface area is 185 Å². The Kier molecular flexibility index (Phi) is 6.27. The topological polar surface area (TPSA) is 59.4 Å². The molecule has 0 bridgehead atoms. The third kappa shape index (κ3) is 4.44. The third-order valence-corrected chi connectivity index (χ3v) is 5.75. The quantitative estimate of drug-likeness (QED) is 0.446. The van der Waals surface area contributed by atoms with Crippen LogP contribution in [0.25, 0.3) is 5.69 Å². The fourth-order valence-corrected chi connectivity index (χ4v) is 4.27. The Bertz CT molecular complexity index is 1050. The minimum absolute atomic E-state index is 0.153. The van der Waals surface area contributed by atoms with Gasteiger partial charge in [-0.1, -0.05) is 6.07 Å². The number of ether oxygens (including phenoxy) is 1. The summed E-state index contributed by atoms with van der Waals surface area (Å²) in [5.74, 6) is -0.525. The zero-order valence-electron chi connectivity index (χ0n) is 17.1. The molecule has 4 rings (SSSR count). The van der Waals surface area contributed by atoms with Crippen LogP contribution >= 0.6 is 12.2 Å². The Morgan fingerprint density at radius 3 is 2.71 bits per heavy atom. The third-order valence-electron chi connectivity index (χ3n) is 5.39. The van der Waals surface area contributed by atoms with Gasteiger partial charge in [0.05, 0.1) is 24.9 Å². The molecule has 1 fully saturated rings. The van der Waals surface area contributed by atoms with Crippen LogP contribution in [0.15, 0.2) is 67.0 Å². The molecule has 3 aromatic rings. The lowest BCUT2D eigenvalue weighted by atomic mass is 10.0. The van der Waals surface area contributed by atoms with Crippen molar-refractivity contribution in [2.45, 2.75) is 24.9 Å². The van der Waals surface area contributed by atoms with Gasteiger partial charge in [0.25, 0.3) is 0 Å². The van der Waals surface area contributed by atoms with E-state index in [9.17, 15) is 9.18 Å². The molecule has 1 N–H and O–H groups in total. The lowest BCUT2D eigenvalue weighted by Gasteiger charge is -2.29. The maximum atomic E-state index is 13.5. The molecule has 0 saturated carbocycles. The van der Waals surface area contributed by atoms with Gasteiger partial charge in [0, 0.05) is 36.7 Å². The molecule has 0 amide bonds. The van der Waals surface area contributed by atoms with Crippen LogP contribution in [0.4, 0.5) is 4.39 Å². The maximum Gasteiger partial charge on any atom is 0.305 e. The first kappa shape index (κ1) is 21.0. The van der Waals surface area contributed by atoms with Crippen molar-refractivity contribution in [1.29, 1.82) is 0 Å². The van der Waals surface area contributed by atoms with Crippen LogP contribution in [0.3, 0.4) is 0 Å². The van der Waals surface area contributed by atoms with E-state index in [4.69, 9.17) is 17.0 Å². The molecule has 3 heterocycles. The van der Waals surface area contributed by atoms with Gasteiger partial charge in [-0.2, -0.15) is 0 Å². The largest absolute Gasteiger partial charge is 0.469 e. The molecular weight excluding hydrogens is 415 g/mol. The summed E-state index contributed by atoms with van der Waals surface area (Å²) in [6.07, 6.45) is 4.63. The number of rotatable bonds is 7. The van der Waals surface area contributed by atoms with Crippen molar-refractivity contribution in [2.75, 3.05) is 13.7 Å². The lowest BCUT2D eigenvalue weighted by molar-refractivity contribution is -0.140. The second-order valence-electron chi connectivity index (χ2n) is 7.28. The Morgan fingerprint density at radius 1 is 1.19 bits per heavy atom. The van der Waals surface area contributed by atoms with Crippen LogP contribution in [0.1, 0.15) is 36.3 Å². The number of pyridine rings is 1. The van der Waals surface area contributed by atoms with Crippen molar-refractivity contribution in [3.63, 3.8) is 0 Å². The van der Waals surface area contributed by atoms with Gasteiger partial charge >= 0.3 is 5.97 Å². The van der Waals surface area contributed by atoms with Gasteiger partial charge in [-0.25, -0.2) is 4.39 Å². The molecule has 0 spiro atoms. The molecule has 2 atom stereocenters. The van der Waals surface area contributed by atoms with E-state index in [1.807, 2.05) is 41.1 Å². The summed E-state index contributed by atoms with van der Waals surface area (Å²) in [5, 5.41) is 4.01. The number of carbonyl (C=O) groups is 1. The standard InChI is InChI=1S/C23H23FN4O2S/c1-30-20(29)8-5-15-28-22(21(26-23(28)31)18-6-2-3-13-25-18)19-7-4-14-27(19)17-11-9-16(24)10-12-17/h2-4,6-7,9-14,21-22H,5,8,15H2,1H3,(H,26,31)/t21-,22+/m0/s1. The molecule has 1 saturated heterocycles. The predicted octanol–water partition coefficient (Wildman–Crippen LogP) is 3.94. The molecule has 1 aliphatic heterocycles. The number of aromatic nitrogens is 2. The smallest absolute Gasteiger partial charge is 0.305 e. The molecule has 1 aromatic carbocycles. The van der Waals surface area contributed by atoms with Crippen LogP contribution in [0.2, 0.25) is 0 Å². The molecule has 0 radical (unpaired) electrons. The Morgan fingerprint density at radius 2 is 2.00 bits per heavy atom. The average molecular weight is 439 g/mol. The summed E-state index contributed by atoms with van der Waals surface area (Å²) in [5.41, 5.74) is 2.72. The number of hydrogen-bond donors (Lipinski definition) is 1. The first-order valence-electron chi connectivity index (χ1n) is 10.1. The number of halogens is 1. The monoisotopic (exact) mass is 438 g/mol. The SMILES string of the molecule is COC(=O)CCCN1C(=S)N[C@@H](c2ccccn2)[C@H]1c1cccn1-c1ccc(F)cc1. The number of benzene rings is 1. The van der Waals surface area contributed by atoms with Crippen LogP contribution in [-0.4, -0.2) is 39.2 Å². The fraction of sp³-hybridized carbons (Fsp3) is 0.261. The number of nitrogens with one attached hydrogen (secondary N) is 1. The van der Waals surface area contributed by atoms with Gasteiger partial charge < -0.3 is 19.5 Å². The van der Waals surface area contributed by atoms with Gasteiger partial charge in [0.2, 0.25) is 0 Å². The molecule has 6 nitrogen and oxygen atoms in total. The van der Waals surface area contributed by atoms with Crippen LogP contribution in [-0.2, 0) is 9.53 Å². The first-order valence-corrected chi connectivity index (χ1v) is 10.5. The zero-order chi connectivity index (χ0) is 21.8. The van der Waals surface area contributed by atoms with E-state index in [0.717, 1.165) is 17.1 Å². The molecular formula is C23H23FN4O2S. The van der Waals surface area contributed by atoms with Gasteiger partial charge in [0.15, 0.2) is 5.11 Å². The Hall–Kier alpha value is -3.26. The fourth-order valence-electron chi connectivity index (χ4n) is 3.94. The highest BCUT2D eigenvalue weighted by Crippen LogP contribution is 2.39. The average Bonchev–Trinajstić information content (AvgIpc) is 3.39. The van der Waals surface area contributed by atoms with Crippen molar-refractivity contribution in [2.24, 2.45) is 0 Å². The molecule has 8 heteroatoms. The van der Waals surface area contributed by atoms with E-state index in [2.05, 4.69) is 15.2 Å². The number of esters is 1. The van der Waals surface area contributed by atoms with Crippen LogP contribution in [0.5, 0.6) is 0 Å². The molecule has 31 heavy (non-hydrogen) atoms. The van der Waals surface area contributed by atoms with E-state index in [-0.39, 0.29) is 23.9 Å². The number of thiocarbonyl (C=S) groups is 1. The maximum absolute atomic E-state index is 13.5. The molecule has 160 valence electrons. The number of carbonyl (C=O) groups excluding carboxylic acids is 1. The molecule has 2 aromatic heterocycles. The van der Waals surface area contributed by atoms with Gasteiger partial charge in [-0.05, 0) is 67.2 Å². The number of nitrogens with zero attached hydrogens (tertiary/aromatic N) is 3. The van der Waals surface area contributed by atoms with E-state index in [1.165, 1.54) is 19.2 Å². The Balaban J connectivity index is 1.70. The van der Waals surface area contributed by atoms with E-state index in [0.29, 0.717) is 24.5 Å². The van der Waals surface area contributed by atoms with E-state index >= 15 is 0 Å². The zero-order valence-corrected chi connectivity index (χ0v) is 17.9. The van der Waals surface area contributed by atoms with Crippen molar-refractivity contribution >= 4 is 23.3 Å². The van der Waals surface area contributed by atoms with Gasteiger partial charge in [-0.3, -0.25) is 9.78 Å². The van der Waals surface area contributed by atoms with Crippen molar-refractivity contribution < 1.29 is 13.9 Å². The minimum atomic E-state index is -0.281. The highest BCUT2D eigenvalue weighted by atomic mass is 32.1. The lowest BCUT2D eigenvalue weighted by Crippen LogP contribution is -2.31. The molecule has 0 aliphatic carbocycles. The first-order chi connectivity index (χ1) is 15.1. The number of hydrogen-bond acceptors (Lipinski definition) is 4. The summed E-state index contributed by atoms with van der Waals surface area (Å²) in [4.78, 5) is 18.2. The highest BCUT2D eigenvalue weighted by molar-refractivity contribution is 7.80. The van der Waals surface area contributed by atoms with Crippen LogP contribution < -0.4 is 5.32 Å². The van der Waals surface area contributed by atoms with Gasteiger partial charge in [-0.15, -0.1) is 0 Å². The van der Waals surface area contributed by atoms with Crippen molar-refractivity contribution in [1.82, 2.24) is 19.8 Å². The summed E-state index contributed by atoms with van der Waals surface area (Å²) in [6.45, 7) is 0.587. The summed E-state index contributed by atoms with van der Waals surface area (Å²) in [6, 6.07) is 15.9. The molecule has 1 aliphatic rings. The van der Waals surface area contributed by atoms with Crippen molar-refractivity contribution in [3.05, 3.63) is 84.2 Å². The number of methoxy groups -OCH3 is 1. The van der Waals surface area contributed by atoms with Crippen molar-refractivity contribution in [3.8, 4) is 5.69 Å². The second kappa shape index (κ2) is 9.26. The summed E-state index contributed by atoms with van der Waals surface area (Å²) in [7, 11) is 1.39.